The van der Waals surface area contributed by atoms with Crippen molar-refractivity contribution < 1.29 is 24.1 Å². The molecule has 0 amide bonds. The van der Waals surface area contributed by atoms with E-state index in [0.29, 0.717) is 12.8 Å². The topological polar surface area (TPSA) is 68.2 Å². The largest absolute Gasteiger partial charge is 0.510 e. The summed E-state index contributed by atoms with van der Waals surface area (Å²) >= 11 is 0. The standard InChI is InChI=1S/C29H29NO5/c1-20(2)29(16-15-21-13-14-25-26(17-21)34-19-33-25)18-24(31)27(28(32)35-29)30(22-9-5-3-6-10-22)23-11-7-4-8-12-23/h3-14,17,20,31H,15-16,18-19H2,1-2H3. The Balaban J connectivity index is 1.46. The number of hydrogen-bond acceptors (Lipinski definition) is 6. The zero-order valence-electron chi connectivity index (χ0n) is 19.9. The van der Waals surface area contributed by atoms with Gasteiger partial charge >= 0.3 is 5.97 Å². The molecule has 5 rings (SSSR count). The van der Waals surface area contributed by atoms with Crippen LogP contribution in [-0.2, 0) is 16.0 Å². The van der Waals surface area contributed by atoms with E-state index in [1.165, 1.54) is 0 Å². The van der Waals surface area contributed by atoms with Gasteiger partial charge in [-0.1, -0.05) is 56.3 Å². The molecule has 6 heteroatoms. The first kappa shape index (κ1) is 22.8. The maximum atomic E-state index is 13.6. The van der Waals surface area contributed by atoms with Crippen LogP contribution in [0.15, 0.2) is 90.3 Å². The minimum Gasteiger partial charge on any atom is -0.510 e. The lowest BCUT2D eigenvalue weighted by atomic mass is 9.79. The third-order valence-corrected chi connectivity index (χ3v) is 6.81. The van der Waals surface area contributed by atoms with Gasteiger partial charge in [0.1, 0.15) is 11.4 Å². The highest BCUT2D eigenvalue weighted by Gasteiger charge is 2.46. The molecular weight excluding hydrogens is 442 g/mol. The number of carbonyl (C=O) groups excluding carboxylic acids is 1. The number of benzene rings is 3. The van der Waals surface area contributed by atoms with Crippen molar-refractivity contribution in [1.82, 2.24) is 0 Å². The van der Waals surface area contributed by atoms with Gasteiger partial charge in [-0.05, 0) is 60.7 Å². The average Bonchev–Trinajstić information content (AvgIpc) is 3.34. The molecular formula is C29H29NO5. The number of carbonyl (C=O) groups is 1. The Morgan fingerprint density at radius 3 is 2.14 bits per heavy atom. The zero-order valence-corrected chi connectivity index (χ0v) is 19.9. The Morgan fingerprint density at radius 1 is 0.914 bits per heavy atom. The van der Waals surface area contributed by atoms with Crippen molar-refractivity contribution in [2.45, 2.75) is 38.7 Å². The van der Waals surface area contributed by atoms with Crippen LogP contribution in [-0.4, -0.2) is 23.5 Å². The van der Waals surface area contributed by atoms with E-state index in [0.717, 1.165) is 28.4 Å². The molecule has 2 heterocycles. The second-order valence-electron chi connectivity index (χ2n) is 9.28. The summed E-state index contributed by atoms with van der Waals surface area (Å²) in [5.41, 5.74) is 1.95. The molecule has 6 nitrogen and oxygen atoms in total. The monoisotopic (exact) mass is 471 g/mol. The van der Waals surface area contributed by atoms with Crippen molar-refractivity contribution in [2.24, 2.45) is 5.92 Å². The molecule has 0 saturated heterocycles. The van der Waals surface area contributed by atoms with Crippen LogP contribution in [0.4, 0.5) is 11.4 Å². The number of rotatable bonds is 7. The number of aliphatic hydroxyl groups excluding tert-OH is 1. The number of esters is 1. The van der Waals surface area contributed by atoms with E-state index >= 15 is 0 Å². The van der Waals surface area contributed by atoms with Gasteiger partial charge in [-0.15, -0.1) is 0 Å². The Morgan fingerprint density at radius 2 is 1.54 bits per heavy atom. The summed E-state index contributed by atoms with van der Waals surface area (Å²) in [6.45, 7) is 4.28. The molecule has 0 fully saturated rings. The zero-order chi connectivity index (χ0) is 24.4. The van der Waals surface area contributed by atoms with E-state index in [9.17, 15) is 9.90 Å². The van der Waals surface area contributed by atoms with Gasteiger partial charge in [0.15, 0.2) is 17.2 Å². The molecule has 0 bridgehead atoms. The minimum atomic E-state index is -0.819. The van der Waals surface area contributed by atoms with Crippen molar-refractivity contribution in [1.29, 1.82) is 0 Å². The molecule has 1 N–H and O–H groups in total. The summed E-state index contributed by atoms with van der Waals surface area (Å²) in [4.78, 5) is 15.3. The van der Waals surface area contributed by atoms with E-state index in [2.05, 4.69) is 0 Å². The maximum Gasteiger partial charge on any atom is 0.359 e. The molecule has 2 aliphatic heterocycles. The first-order valence-electron chi connectivity index (χ1n) is 11.9. The fraction of sp³-hybridized carbons (Fsp3) is 0.276. The molecule has 3 aromatic carbocycles. The van der Waals surface area contributed by atoms with Gasteiger partial charge in [-0.25, -0.2) is 4.79 Å². The lowest BCUT2D eigenvalue weighted by molar-refractivity contribution is -0.165. The summed E-state index contributed by atoms with van der Waals surface area (Å²) in [7, 11) is 0. The van der Waals surface area contributed by atoms with Gasteiger partial charge in [-0.3, -0.25) is 0 Å². The van der Waals surface area contributed by atoms with Crippen molar-refractivity contribution in [2.75, 3.05) is 11.7 Å². The lowest BCUT2D eigenvalue weighted by Crippen LogP contribution is -2.47. The van der Waals surface area contributed by atoms with Gasteiger partial charge < -0.3 is 24.2 Å². The highest BCUT2D eigenvalue weighted by atomic mass is 16.7. The molecule has 2 aliphatic rings. The summed E-state index contributed by atoms with van der Waals surface area (Å²) in [5, 5.41) is 11.3. The predicted molar refractivity (Wildman–Crippen MR) is 134 cm³/mol. The molecule has 0 aromatic heterocycles. The fourth-order valence-corrected chi connectivity index (χ4v) is 4.74. The Hall–Kier alpha value is -3.93. The Labute approximate surface area is 205 Å². The first-order valence-corrected chi connectivity index (χ1v) is 11.9. The second-order valence-corrected chi connectivity index (χ2v) is 9.28. The van der Waals surface area contributed by atoms with Crippen molar-refractivity contribution in [3.8, 4) is 11.5 Å². The highest BCUT2D eigenvalue weighted by molar-refractivity contribution is 5.97. The van der Waals surface area contributed by atoms with Crippen LogP contribution in [0.25, 0.3) is 0 Å². The van der Waals surface area contributed by atoms with Gasteiger partial charge in [0, 0.05) is 17.8 Å². The quantitative estimate of drug-likeness (QED) is 0.408. The third-order valence-electron chi connectivity index (χ3n) is 6.81. The van der Waals surface area contributed by atoms with Crippen LogP contribution in [0.5, 0.6) is 11.5 Å². The number of cyclic esters (lactones) is 1. The molecule has 1 unspecified atom stereocenters. The Bertz CT molecular complexity index is 1200. The number of fused-ring (bicyclic) bond motifs is 1. The molecule has 0 saturated carbocycles. The lowest BCUT2D eigenvalue weighted by Gasteiger charge is -2.42. The van der Waals surface area contributed by atoms with Gasteiger partial charge in [0.2, 0.25) is 6.79 Å². The van der Waals surface area contributed by atoms with Crippen LogP contribution < -0.4 is 14.4 Å². The minimum absolute atomic E-state index is 0.00561. The SMILES string of the molecule is CC(C)C1(CCc2ccc3c(c2)OCO3)CC(O)=C(N(c2ccccc2)c2ccccc2)C(=O)O1. The number of hydrogen-bond donors (Lipinski definition) is 1. The smallest absolute Gasteiger partial charge is 0.359 e. The van der Waals surface area contributed by atoms with Crippen LogP contribution in [0, 0.1) is 5.92 Å². The normalized spacial score (nSPS) is 19.1. The van der Waals surface area contributed by atoms with Gasteiger partial charge in [0.05, 0.1) is 0 Å². The summed E-state index contributed by atoms with van der Waals surface area (Å²) in [5.74, 6) is 0.983. The van der Waals surface area contributed by atoms with Gasteiger partial charge in [-0.2, -0.15) is 0 Å². The molecule has 35 heavy (non-hydrogen) atoms. The summed E-state index contributed by atoms with van der Waals surface area (Å²) < 4.78 is 17.1. The number of para-hydroxylation sites is 2. The summed E-state index contributed by atoms with van der Waals surface area (Å²) in [6, 6.07) is 24.9. The number of ether oxygens (including phenoxy) is 3. The van der Waals surface area contributed by atoms with Crippen molar-refractivity contribution >= 4 is 17.3 Å². The number of aryl methyl sites for hydroxylation is 1. The summed E-state index contributed by atoms with van der Waals surface area (Å²) in [6.07, 6.45) is 1.49. The molecule has 0 spiro atoms. The van der Waals surface area contributed by atoms with Crippen LogP contribution in [0.3, 0.4) is 0 Å². The van der Waals surface area contributed by atoms with E-state index < -0.39 is 11.6 Å². The Kier molecular flexibility index (Phi) is 6.12. The molecule has 3 aromatic rings. The number of nitrogens with zero attached hydrogens (tertiary/aromatic N) is 1. The van der Waals surface area contributed by atoms with Crippen LogP contribution >= 0.6 is 0 Å². The molecule has 180 valence electrons. The molecule has 0 aliphatic carbocycles. The van der Waals surface area contributed by atoms with Crippen LogP contribution in [0.2, 0.25) is 0 Å². The maximum absolute atomic E-state index is 13.6. The number of anilines is 2. The second kappa shape index (κ2) is 9.37. The fourth-order valence-electron chi connectivity index (χ4n) is 4.74. The van der Waals surface area contributed by atoms with E-state index in [-0.39, 0.29) is 30.6 Å². The van der Waals surface area contributed by atoms with Gasteiger partial charge in [0.25, 0.3) is 0 Å². The van der Waals surface area contributed by atoms with E-state index in [1.807, 2.05) is 92.7 Å². The van der Waals surface area contributed by atoms with E-state index in [1.54, 1.807) is 4.90 Å². The average molecular weight is 472 g/mol. The van der Waals surface area contributed by atoms with Crippen LogP contribution in [0.1, 0.15) is 32.3 Å². The number of aliphatic hydroxyl groups is 1. The van der Waals surface area contributed by atoms with E-state index in [4.69, 9.17) is 14.2 Å². The predicted octanol–water partition coefficient (Wildman–Crippen LogP) is 6.30. The first-order chi connectivity index (χ1) is 17.0. The third kappa shape index (κ3) is 4.44. The highest BCUT2D eigenvalue weighted by Crippen LogP contribution is 2.42. The molecule has 1 atom stereocenters. The van der Waals surface area contributed by atoms with Crippen molar-refractivity contribution in [3.63, 3.8) is 0 Å². The van der Waals surface area contributed by atoms with Crippen molar-refractivity contribution in [3.05, 3.63) is 95.9 Å². The molecule has 0 radical (unpaired) electrons.